The van der Waals surface area contributed by atoms with Crippen molar-refractivity contribution in [2.24, 2.45) is 0 Å². The van der Waals surface area contributed by atoms with E-state index in [0.717, 1.165) is 11.4 Å². The maximum atomic E-state index is 12.4. The van der Waals surface area contributed by atoms with Crippen molar-refractivity contribution in [2.45, 2.75) is 20.8 Å². The zero-order valence-corrected chi connectivity index (χ0v) is 15.6. The Morgan fingerprint density at radius 2 is 1.64 bits per heavy atom. The molecule has 0 saturated carbocycles. The van der Waals surface area contributed by atoms with Gasteiger partial charge in [-0.15, -0.1) is 0 Å². The molecule has 0 atom stereocenters. The van der Waals surface area contributed by atoms with Gasteiger partial charge in [-0.05, 0) is 63.2 Å². The Bertz CT molecular complexity index is 1030. The van der Waals surface area contributed by atoms with E-state index in [1.54, 1.807) is 31.2 Å². The Morgan fingerprint density at radius 1 is 1.00 bits per heavy atom. The maximum absolute atomic E-state index is 12.4. The number of nitro groups is 1. The van der Waals surface area contributed by atoms with E-state index in [0.29, 0.717) is 22.6 Å². The lowest BCUT2D eigenvalue weighted by Gasteiger charge is -2.08. The monoisotopic (exact) mass is 378 g/mol. The molecule has 28 heavy (non-hydrogen) atoms. The number of aromatic nitrogens is 2. The van der Waals surface area contributed by atoms with E-state index in [1.165, 1.54) is 18.2 Å². The van der Waals surface area contributed by atoms with Gasteiger partial charge in [-0.1, -0.05) is 0 Å². The van der Waals surface area contributed by atoms with Crippen LogP contribution >= 0.6 is 0 Å². The molecule has 0 unspecified atom stereocenters. The van der Waals surface area contributed by atoms with Gasteiger partial charge in [-0.2, -0.15) is 0 Å². The highest BCUT2D eigenvalue weighted by molar-refractivity contribution is 6.04. The van der Waals surface area contributed by atoms with E-state index in [-0.39, 0.29) is 17.6 Å². The van der Waals surface area contributed by atoms with Gasteiger partial charge >= 0.3 is 6.01 Å². The first kappa shape index (κ1) is 19.0. The lowest BCUT2D eigenvalue weighted by Crippen LogP contribution is -2.12. The molecule has 8 heteroatoms. The van der Waals surface area contributed by atoms with Crippen molar-refractivity contribution < 1.29 is 14.5 Å². The number of nitrogens with one attached hydrogen (secondary N) is 1. The first-order valence-corrected chi connectivity index (χ1v) is 8.48. The van der Waals surface area contributed by atoms with E-state index in [4.69, 9.17) is 4.74 Å². The lowest BCUT2D eigenvalue weighted by molar-refractivity contribution is -0.385. The van der Waals surface area contributed by atoms with Crippen LogP contribution in [0.25, 0.3) is 0 Å². The van der Waals surface area contributed by atoms with Crippen LogP contribution in [0.4, 0.5) is 11.4 Å². The third-order valence-electron chi connectivity index (χ3n) is 3.94. The van der Waals surface area contributed by atoms with Gasteiger partial charge in [0.05, 0.1) is 4.92 Å². The zero-order chi connectivity index (χ0) is 20.3. The molecule has 0 radical (unpaired) electrons. The minimum absolute atomic E-state index is 0.0216. The standard InChI is InChI=1S/C20H18N4O4/c1-12-10-15(4-9-18(12)24(26)27)19(25)23-16-5-7-17(8-6-16)28-20-21-13(2)11-14(3)22-20/h4-11H,1-3H3,(H,23,25). The highest BCUT2D eigenvalue weighted by atomic mass is 16.6. The number of nitro benzene ring substituents is 1. The SMILES string of the molecule is Cc1cc(C)nc(Oc2ccc(NC(=O)c3ccc([N+](=O)[O-])c(C)c3)cc2)n1. The van der Waals surface area contributed by atoms with Crippen LogP contribution in [0.2, 0.25) is 0 Å². The topological polar surface area (TPSA) is 107 Å². The molecule has 2 aromatic carbocycles. The molecule has 3 aromatic rings. The van der Waals surface area contributed by atoms with Gasteiger partial charge in [0.15, 0.2) is 0 Å². The van der Waals surface area contributed by atoms with Gasteiger partial charge in [0, 0.05) is 34.3 Å². The smallest absolute Gasteiger partial charge is 0.322 e. The summed E-state index contributed by atoms with van der Waals surface area (Å²) in [6.45, 7) is 5.32. The van der Waals surface area contributed by atoms with Crippen molar-refractivity contribution >= 4 is 17.3 Å². The van der Waals surface area contributed by atoms with Gasteiger partial charge in [0.25, 0.3) is 11.6 Å². The Labute approximate surface area is 161 Å². The predicted molar refractivity (Wildman–Crippen MR) is 104 cm³/mol. The molecule has 0 aliphatic rings. The van der Waals surface area contributed by atoms with Gasteiger partial charge in [-0.3, -0.25) is 14.9 Å². The number of hydrogen-bond donors (Lipinski definition) is 1. The van der Waals surface area contributed by atoms with Crippen molar-refractivity contribution in [3.05, 3.63) is 81.2 Å². The fraction of sp³-hybridized carbons (Fsp3) is 0.150. The number of anilines is 1. The number of ether oxygens (including phenoxy) is 1. The molecule has 1 aromatic heterocycles. The van der Waals surface area contributed by atoms with E-state index in [9.17, 15) is 14.9 Å². The van der Waals surface area contributed by atoms with Crippen LogP contribution in [0.1, 0.15) is 27.3 Å². The van der Waals surface area contributed by atoms with Crippen LogP contribution in [0.5, 0.6) is 11.8 Å². The molecule has 0 bridgehead atoms. The lowest BCUT2D eigenvalue weighted by atomic mass is 10.1. The summed E-state index contributed by atoms with van der Waals surface area (Å²) in [4.78, 5) is 31.2. The van der Waals surface area contributed by atoms with Crippen molar-refractivity contribution in [2.75, 3.05) is 5.32 Å². The van der Waals surface area contributed by atoms with Crippen LogP contribution in [0.15, 0.2) is 48.5 Å². The first-order chi connectivity index (χ1) is 13.3. The third kappa shape index (κ3) is 4.47. The fourth-order valence-electron chi connectivity index (χ4n) is 2.66. The molecular formula is C20H18N4O4. The zero-order valence-electron chi connectivity index (χ0n) is 15.6. The summed E-state index contributed by atoms with van der Waals surface area (Å²) in [7, 11) is 0. The van der Waals surface area contributed by atoms with E-state index in [2.05, 4.69) is 15.3 Å². The molecule has 0 fully saturated rings. The summed E-state index contributed by atoms with van der Waals surface area (Å²) in [5.74, 6) is 0.179. The van der Waals surface area contributed by atoms with Crippen LogP contribution in [0.3, 0.4) is 0 Å². The number of rotatable bonds is 5. The molecule has 3 rings (SSSR count). The molecule has 0 aliphatic heterocycles. The first-order valence-electron chi connectivity index (χ1n) is 8.48. The minimum atomic E-state index is -0.477. The van der Waals surface area contributed by atoms with Gasteiger partial charge in [-0.25, -0.2) is 9.97 Å². The second-order valence-corrected chi connectivity index (χ2v) is 6.27. The van der Waals surface area contributed by atoms with Crippen molar-refractivity contribution in [3.8, 4) is 11.8 Å². The summed E-state index contributed by atoms with van der Waals surface area (Å²) in [5, 5.41) is 13.6. The largest absolute Gasteiger partial charge is 0.424 e. The number of carbonyl (C=O) groups is 1. The quantitative estimate of drug-likeness (QED) is 0.522. The Kier molecular flexibility index (Phi) is 5.30. The summed E-state index contributed by atoms with van der Waals surface area (Å²) in [6, 6.07) is 13.1. The van der Waals surface area contributed by atoms with Crippen LogP contribution < -0.4 is 10.1 Å². The highest BCUT2D eigenvalue weighted by Crippen LogP contribution is 2.22. The van der Waals surface area contributed by atoms with E-state index >= 15 is 0 Å². The van der Waals surface area contributed by atoms with E-state index in [1.807, 2.05) is 19.9 Å². The number of benzene rings is 2. The summed E-state index contributed by atoms with van der Waals surface area (Å²) >= 11 is 0. The summed E-state index contributed by atoms with van der Waals surface area (Å²) in [5.41, 5.74) is 2.93. The number of nitrogens with zero attached hydrogens (tertiary/aromatic N) is 3. The van der Waals surface area contributed by atoms with Crippen molar-refractivity contribution in [3.63, 3.8) is 0 Å². The molecule has 0 saturated heterocycles. The molecular weight excluding hydrogens is 360 g/mol. The highest BCUT2D eigenvalue weighted by Gasteiger charge is 2.14. The molecule has 1 amide bonds. The Hall–Kier alpha value is -3.81. The van der Waals surface area contributed by atoms with Gasteiger partial charge in [0.2, 0.25) is 0 Å². The van der Waals surface area contributed by atoms with Crippen LogP contribution in [0, 0.1) is 30.9 Å². The number of amides is 1. The fourth-order valence-corrected chi connectivity index (χ4v) is 2.66. The molecule has 1 heterocycles. The Balaban J connectivity index is 1.69. The number of hydrogen-bond acceptors (Lipinski definition) is 6. The second-order valence-electron chi connectivity index (χ2n) is 6.27. The van der Waals surface area contributed by atoms with Crippen LogP contribution in [-0.2, 0) is 0 Å². The summed E-state index contributed by atoms with van der Waals surface area (Å²) in [6.07, 6.45) is 0. The second kappa shape index (κ2) is 7.83. The van der Waals surface area contributed by atoms with E-state index < -0.39 is 4.92 Å². The average molecular weight is 378 g/mol. The maximum Gasteiger partial charge on any atom is 0.322 e. The molecule has 142 valence electrons. The summed E-state index contributed by atoms with van der Waals surface area (Å²) < 4.78 is 5.64. The van der Waals surface area contributed by atoms with Crippen molar-refractivity contribution in [1.29, 1.82) is 0 Å². The van der Waals surface area contributed by atoms with Gasteiger partial charge in [0.1, 0.15) is 5.75 Å². The third-order valence-corrected chi connectivity index (χ3v) is 3.94. The van der Waals surface area contributed by atoms with Gasteiger partial charge < -0.3 is 10.1 Å². The van der Waals surface area contributed by atoms with Crippen molar-refractivity contribution in [1.82, 2.24) is 9.97 Å². The van der Waals surface area contributed by atoms with Crippen LogP contribution in [-0.4, -0.2) is 20.8 Å². The predicted octanol–water partition coefficient (Wildman–Crippen LogP) is 4.35. The molecule has 0 spiro atoms. The number of carbonyl (C=O) groups excluding carboxylic acids is 1. The molecule has 0 aliphatic carbocycles. The molecule has 1 N–H and O–H groups in total. The normalized spacial score (nSPS) is 10.4. The minimum Gasteiger partial charge on any atom is -0.424 e. The average Bonchev–Trinajstić information content (AvgIpc) is 2.62. The Morgan fingerprint density at radius 3 is 2.21 bits per heavy atom. The molecule has 8 nitrogen and oxygen atoms in total. The number of aryl methyl sites for hydroxylation is 3.